The minimum absolute atomic E-state index is 0.0181. The quantitative estimate of drug-likeness (QED) is 0.777. The molecule has 3 rings (SSSR count). The largest absolute Gasteiger partial charge is 0.416 e. The summed E-state index contributed by atoms with van der Waals surface area (Å²) in [6.45, 7) is 0. The molecule has 2 aromatic carbocycles. The lowest BCUT2D eigenvalue weighted by atomic mass is 10.1. The Hall–Kier alpha value is -2.83. The predicted octanol–water partition coefficient (Wildman–Crippen LogP) is 3.28. The van der Waals surface area contributed by atoms with E-state index in [4.69, 9.17) is 5.73 Å². The fourth-order valence-corrected chi connectivity index (χ4v) is 2.40. The number of aromatic amines is 1. The topological polar surface area (TPSA) is 71.8 Å². The lowest BCUT2D eigenvalue weighted by molar-refractivity contribution is -0.137. The number of carbonyl (C=O) groups is 1. The van der Waals surface area contributed by atoms with E-state index in [0.717, 1.165) is 12.1 Å². The van der Waals surface area contributed by atoms with Crippen molar-refractivity contribution in [1.29, 1.82) is 0 Å². The molecule has 1 heterocycles. The molecule has 118 valence electrons. The Labute approximate surface area is 129 Å². The highest BCUT2D eigenvalue weighted by molar-refractivity contribution is 5.87. The van der Waals surface area contributed by atoms with Gasteiger partial charge in [0.15, 0.2) is 0 Å². The Morgan fingerprint density at radius 1 is 1.17 bits per heavy atom. The summed E-state index contributed by atoms with van der Waals surface area (Å²) in [7, 11) is 0. The number of H-pyrrole nitrogens is 1. The average molecular weight is 319 g/mol. The first-order chi connectivity index (χ1) is 10.8. The summed E-state index contributed by atoms with van der Waals surface area (Å²) >= 11 is 0. The van der Waals surface area contributed by atoms with Crippen LogP contribution in [0.1, 0.15) is 11.1 Å². The van der Waals surface area contributed by atoms with Crippen molar-refractivity contribution in [2.24, 2.45) is 5.73 Å². The highest BCUT2D eigenvalue weighted by atomic mass is 19.4. The Kier molecular flexibility index (Phi) is 3.55. The molecule has 1 amide bonds. The summed E-state index contributed by atoms with van der Waals surface area (Å²) in [4.78, 5) is 18.4. The third kappa shape index (κ3) is 3.03. The maximum Gasteiger partial charge on any atom is 0.416 e. The van der Waals surface area contributed by atoms with Crippen LogP contribution in [-0.4, -0.2) is 15.9 Å². The minimum atomic E-state index is -4.42. The van der Waals surface area contributed by atoms with Crippen LogP contribution in [0.4, 0.5) is 13.2 Å². The van der Waals surface area contributed by atoms with Crippen molar-refractivity contribution in [3.63, 3.8) is 0 Å². The van der Waals surface area contributed by atoms with Crippen LogP contribution in [0.2, 0.25) is 0 Å². The number of para-hydroxylation sites is 1. The van der Waals surface area contributed by atoms with E-state index in [1.54, 1.807) is 24.3 Å². The normalized spacial score (nSPS) is 11.8. The van der Waals surface area contributed by atoms with E-state index in [1.165, 1.54) is 6.07 Å². The van der Waals surface area contributed by atoms with Crippen LogP contribution in [0.15, 0.2) is 42.5 Å². The number of nitrogens with two attached hydrogens (primary N) is 1. The molecule has 0 saturated heterocycles. The Bertz CT molecular complexity index is 884. The van der Waals surface area contributed by atoms with E-state index in [-0.39, 0.29) is 6.42 Å². The molecule has 0 aliphatic heterocycles. The van der Waals surface area contributed by atoms with Gasteiger partial charge in [-0.1, -0.05) is 24.3 Å². The first kappa shape index (κ1) is 15.1. The minimum Gasteiger partial charge on any atom is -0.369 e. The molecule has 3 N–H and O–H groups in total. The number of primary amides is 1. The second kappa shape index (κ2) is 5.42. The molecular weight excluding hydrogens is 307 g/mol. The molecule has 23 heavy (non-hydrogen) atoms. The number of fused-ring (bicyclic) bond motifs is 1. The SMILES string of the molecule is NC(=O)Cc1cccc2[nH]c(-c3cccc(C(F)(F)F)c3)nc12. The van der Waals surface area contributed by atoms with E-state index in [2.05, 4.69) is 9.97 Å². The van der Waals surface area contributed by atoms with Crippen LogP contribution in [0, 0.1) is 0 Å². The second-order valence-electron chi connectivity index (χ2n) is 5.12. The maximum absolute atomic E-state index is 12.8. The molecule has 0 saturated carbocycles. The lowest BCUT2D eigenvalue weighted by Crippen LogP contribution is -2.13. The Morgan fingerprint density at radius 2 is 1.91 bits per heavy atom. The zero-order chi connectivity index (χ0) is 16.6. The van der Waals surface area contributed by atoms with E-state index in [1.807, 2.05) is 0 Å². The summed E-state index contributed by atoms with van der Waals surface area (Å²) < 4.78 is 38.4. The molecule has 0 radical (unpaired) electrons. The molecule has 0 fully saturated rings. The lowest BCUT2D eigenvalue weighted by Gasteiger charge is -2.07. The predicted molar refractivity (Wildman–Crippen MR) is 79.4 cm³/mol. The van der Waals surface area contributed by atoms with Crippen LogP contribution in [-0.2, 0) is 17.4 Å². The van der Waals surface area contributed by atoms with Crippen molar-refractivity contribution in [2.45, 2.75) is 12.6 Å². The van der Waals surface area contributed by atoms with E-state index in [9.17, 15) is 18.0 Å². The number of aromatic nitrogens is 2. The monoisotopic (exact) mass is 319 g/mol. The number of benzene rings is 2. The van der Waals surface area contributed by atoms with E-state index >= 15 is 0 Å². The molecule has 0 spiro atoms. The molecule has 0 aliphatic rings. The van der Waals surface area contributed by atoms with Crippen molar-refractivity contribution in [1.82, 2.24) is 9.97 Å². The van der Waals surface area contributed by atoms with Crippen molar-refractivity contribution < 1.29 is 18.0 Å². The van der Waals surface area contributed by atoms with Gasteiger partial charge in [0, 0.05) is 5.56 Å². The van der Waals surface area contributed by atoms with Crippen molar-refractivity contribution in [3.05, 3.63) is 53.6 Å². The molecule has 0 bridgehead atoms. The molecule has 3 aromatic rings. The first-order valence-corrected chi connectivity index (χ1v) is 6.78. The van der Waals surface area contributed by atoms with Crippen LogP contribution < -0.4 is 5.73 Å². The molecule has 0 aliphatic carbocycles. The number of alkyl halides is 3. The first-order valence-electron chi connectivity index (χ1n) is 6.78. The van der Waals surface area contributed by atoms with Gasteiger partial charge >= 0.3 is 6.18 Å². The van der Waals surface area contributed by atoms with Crippen molar-refractivity contribution in [2.75, 3.05) is 0 Å². The number of halogens is 3. The van der Waals surface area contributed by atoms with Gasteiger partial charge in [0.05, 0.1) is 23.0 Å². The number of nitrogens with one attached hydrogen (secondary N) is 1. The number of nitrogens with zero attached hydrogens (tertiary/aromatic N) is 1. The zero-order valence-corrected chi connectivity index (χ0v) is 11.8. The molecule has 1 aromatic heterocycles. The van der Waals surface area contributed by atoms with Gasteiger partial charge in [-0.15, -0.1) is 0 Å². The number of rotatable bonds is 3. The number of hydrogen-bond acceptors (Lipinski definition) is 2. The maximum atomic E-state index is 12.8. The molecule has 0 atom stereocenters. The summed E-state index contributed by atoms with van der Waals surface area (Å²) in [5.41, 5.74) is 6.57. The summed E-state index contributed by atoms with van der Waals surface area (Å²) in [6, 6.07) is 10.1. The van der Waals surface area contributed by atoms with Gasteiger partial charge < -0.3 is 10.7 Å². The second-order valence-corrected chi connectivity index (χ2v) is 5.12. The van der Waals surface area contributed by atoms with Gasteiger partial charge in [0.2, 0.25) is 5.91 Å². The van der Waals surface area contributed by atoms with Crippen molar-refractivity contribution >= 4 is 16.9 Å². The smallest absolute Gasteiger partial charge is 0.369 e. The molecule has 0 unspecified atom stereocenters. The Morgan fingerprint density at radius 3 is 2.61 bits per heavy atom. The van der Waals surface area contributed by atoms with Gasteiger partial charge in [-0.3, -0.25) is 4.79 Å². The average Bonchev–Trinajstić information content (AvgIpc) is 2.91. The van der Waals surface area contributed by atoms with E-state index < -0.39 is 17.6 Å². The van der Waals surface area contributed by atoms with Gasteiger partial charge in [-0.05, 0) is 23.8 Å². The van der Waals surface area contributed by atoms with Gasteiger partial charge in [0.1, 0.15) is 5.82 Å². The van der Waals surface area contributed by atoms with Gasteiger partial charge in [-0.25, -0.2) is 4.98 Å². The highest BCUT2D eigenvalue weighted by Gasteiger charge is 2.30. The fraction of sp³-hybridized carbons (Fsp3) is 0.125. The Balaban J connectivity index is 2.09. The van der Waals surface area contributed by atoms with Gasteiger partial charge in [-0.2, -0.15) is 13.2 Å². The van der Waals surface area contributed by atoms with E-state index in [0.29, 0.717) is 28.0 Å². The summed E-state index contributed by atoms with van der Waals surface area (Å²) in [5.74, 6) is -0.191. The standard InChI is InChI=1S/C16H12F3N3O/c17-16(18,19)11-5-1-4-10(7-11)15-21-12-6-2-3-9(8-13(20)23)14(12)22-15/h1-7H,8H2,(H2,20,23)(H,21,22). The number of amides is 1. The third-order valence-electron chi connectivity index (χ3n) is 3.42. The van der Waals surface area contributed by atoms with Crippen LogP contribution in [0.25, 0.3) is 22.4 Å². The number of hydrogen-bond donors (Lipinski definition) is 2. The number of imidazole rings is 1. The van der Waals surface area contributed by atoms with Gasteiger partial charge in [0.25, 0.3) is 0 Å². The number of carbonyl (C=O) groups excluding carboxylic acids is 1. The molecule has 7 heteroatoms. The molecule has 4 nitrogen and oxygen atoms in total. The molecular formula is C16H12F3N3O. The summed E-state index contributed by atoms with van der Waals surface area (Å²) in [6.07, 6.45) is -4.40. The van der Waals surface area contributed by atoms with Crippen LogP contribution in [0.3, 0.4) is 0 Å². The third-order valence-corrected chi connectivity index (χ3v) is 3.42. The van der Waals surface area contributed by atoms with Crippen molar-refractivity contribution in [3.8, 4) is 11.4 Å². The zero-order valence-electron chi connectivity index (χ0n) is 11.8. The highest BCUT2D eigenvalue weighted by Crippen LogP contribution is 2.32. The summed E-state index contributed by atoms with van der Waals surface area (Å²) in [5, 5.41) is 0. The fourth-order valence-electron chi connectivity index (χ4n) is 2.40. The van der Waals surface area contributed by atoms with Crippen LogP contribution >= 0.6 is 0 Å². The van der Waals surface area contributed by atoms with Crippen LogP contribution in [0.5, 0.6) is 0 Å².